The first-order valence-electron chi connectivity index (χ1n) is 8.19. The zero-order valence-corrected chi connectivity index (χ0v) is 13.6. The molecule has 1 aliphatic rings. The molecule has 1 aromatic carbocycles. The molecule has 1 N–H and O–H groups in total. The van der Waals surface area contributed by atoms with Crippen molar-refractivity contribution >= 4 is 0 Å². The van der Waals surface area contributed by atoms with Gasteiger partial charge >= 0.3 is 0 Å². The number of aromatic nitrogens is 1. The fourth-order valence-corrected chi connectivity index (χ4v) is 3.22. The summed E-state index contributed by atoms with van der Waals surface area (Å²) in [6.45, 7) is 2.68. The average molecular weight is 312 g/mol. The van der Waals surface area contributed by atoms with E-state index in [4.69, 9.17) is 4.74 Å². The predicted octanol–water partition coefficient (Wildman–Crippen LogP) is 2.96. The van der Waals surface area contributed by atoms with Gasteiger partial charge in [-0.2, -0.15) is 0 Å². The number of ether oxygens (including phenoxy) is 1. The van der Waals surface area contributed by atoms with Gasteiger partial charge in [-0.1, -0.05) is 30.3 Å². The van der Waals surface area contributed by atoms with Crippen molar-refractivity contribution in [1.82, 2.24) is 9.88 Å². The van der Waals surface area contributed by atoms with Gasteiger partial charge in [-0.25, -0.2) is 0 Å². The standard InChI is InChI=1S/C19H24N2O2/c1-23-18-9-8-17(20-14-18)15-21-12-5-10-19(22,11-13-21)16-6-3-2-4-7-16/h2-4,6-9,14,22H,5,10-13,15H2,1H3/t19-/m0/s1. The Labute approximate surface area is 137 Å². The van der Waals surface area contributed by atoms with Crippen LogP contribution in [0.3, 0.4) is 0 Å². The smallest absolute Gasteiger partial charge is 0.137 e. The number of benzene rings is 1. The van der Waals surface area contributed by atoms with Crippen LogP contribution in [0.4, 0.5) is 0 Å². The minimum absolute atomic E-state index is 0.705. The third-order valence-electron chi connectivity index (χ3n) is 4.64. The van der Waals surface area contributed by atoms with Crippen LogP contribution in [0.1, 0.15) is 30.5 Å². The molecular weight excluding hydrogens is 288 g/mol. The van der Waals surface area contributed by atoms with Crippen molar-refractivity contribution in [2.24, 2.45) is 0 Å². The lowest BCUT2D eigenvalue weighted by Gasteiger charge is -2.27. The second-order valence-electron chi connectivity index (χ2n) is 6.22. The van der Waals surface area contributed by atoms with E-state index >= 15 is 0 Å². The van der Waals surface area contributed by atoms with Gasteiger partial charge in [-0.05, 0) is 43.5 Å². The van der Waals surface area contributed by atoms with Gasteiger partial charge in [-0.3, -0.25) is 9.88 Å². The van der Waals surface area contributed by atoms with Crippen LogP contribution in [0.15, 0.2) is 48.7 Å². The lowest BCUT2D eigenvalue weighted by Crippen LogP contribution is -2.29. The molecule has 1 saturated heterocycles. The molecule has 1 atom stereocenters. The average Bonchev–Trinajstić information content (AvgIpc) is 2.79. The summed E-state index contributed by atoms with van der Waals surface area (Å²) in [6, 6.07) is 14.0. The molecule has 1 aliphatic heterocycles. The molecule has 0 spiro atoms. The van der Waals surface area contributed by atoms with Crippen LogP contribution in [0.25, 0.3) is 0 Å². The summed E-state index contributed by atoms with van der Waals surface area (Å²) >= 11 is 0. The zero-order valence-electron chi connectivity index (χ0n) is 13.6. The summed E-state index contributed by atoms with van der Waals surface area (Å²) < 4.78 is 5.15. The number of nitrogens with zero attached hydrogens (tertiary/aromatic N) is 2. The van der Waals surface area contributed by atoms with Crippen molar-refractivity contribution < 1.29 is 9.84 Å². The van der Waals surface area contributed by atoms with Gasteiger partial charge in [-0.15, -0.1) is 0 Å². The number of likely N-dealkylation sites (tertiary alicyclic amines) is 1. The SMILES string of the molecule is COc1ccc(CN2CCC[C@@](O)(c3ccccc3)CC2)nc1. The van der Waals surface area contributed by atoms with Crippen LogP contribution in [-0.4, -0.2) is 35.2 Å². The van der Waals surface area contributed by atoms with Gasteiger partial charge < -0.3 is 9.84 Å². The Bertz CT molecular complexity index is 615. The van der Waals surface area contributed by atoms with Gasteiger partial charge in [0.25, 0.3) is 0 Å². The first kappa shape index (κ1) is 16.0. The van der Waals surface area contributed by atoms with Gasteiger partial charge in [0.15, 0.2) is 0 Å². The second kappa shape index (κ2) is 7.11. The van der Waals surface area contributed by atoms with Crippen LogP contribution >= 0.6 is 0 Å². The van der Waals surface area contributed by atoms with E-state index in [2.05, 4.69) is 9.88 Å². The molecule has 122 valence electrons. The summed E-state index contributed by atoms with van der Waals surface area (Å²) in [7, 11) is 1.65. The van der Waals surface area contributed by atoms with Crippen LogP contribution in [0, 0.1) is 0 Å². The molecule has 1 fully saturated rings. The van der Waals surface area contributed by atoms with Crippen molar-refractivity contribution in [3.05, 3.63) is 59.9 Å². The summed E-state index contributed by atoms with van der Waals surface area (Å²) in [5, 5.41) is 11.0. The Morgan fingerprint density at radius 3 is 2.65 bits per heavy atom. The van der Waals surface area contributed by atoms with E-state index in [1.807, 2.05) is 42.5 Å². The Balaban J connectivity index is 1.64. The lowest BCUT2D eigenvalue weighted by molar-refractivity contribution is 0.0210. The molecule has 23 heavy (non-hydrogen) atoms. The predicted molar refractivity (Wildman–Crippen MR) is 90.3 cm³/mol. The third kappa shape index (κ3) is 3.89. The molecular formula is C19H24N2O2. The number of rotatable bonds is 4. The molecule has 2 aromatic rings. The summed E-state index contributed by atoms with van der Waals surface area (Å²) in [6.07, 6.45) is 4.31. The Hall–Kier alpha value is -1.91. The quantitative estimate of drug-likeness (QED) is 0.943. The van der Waals surface area contributed by atoms with E-state index in [1.54, 1.807) is 13.3 Å². The molecule has 0 bridgehead atoms. The van der Waals surface area contributed by atoms with Crippen molar-refractivity contribution in [3.63, 3.8) is 0 Å². The number of hydrogen-bond donors (Lipinski definition) is 1. The van der Waals surface area contributed by atoms with Crippen molar-refractivity contribution in [2.75, 3.05) is 20.2 Å². The minimum Gasteiger partial charge on any atom is -0.495 e. The monoisotopic (exact) mass is 312 g/mol. The first-order valence-corrected chi connectivity index (χ1v) is 8.19. The number of pyridine rings is 1. The van der Waals surface area contributed by atoms with Crippen LogP contribution in [0.5, 0.6) is 5.75 Å². The maximum absolute atomic E-state index is 11.0. The Morgan fingerprint density at radius 2 is 1.96 bits per heavy atom. The van der Waals surface area contributed by atoms with Crippen molar-refractivity contribution in [2.45, 2.75) is 31.4 Å². The largest absolute Gasteiger partial charge is 0.495 e. The highest BCUT2D eigenvalue weighted by Gasteiger charge is 2.31. The van der Waals surface area contributed by atoms with Gasteiger partial charge in [0.2, 0.25) is 0 Å². The van der Waals surface area contributed by atoms with Crippen molar-refractivity contribution in [3.8, 4) is 5.75 Å². The molecule has 4 heteroatoms. The number of methoxy groups -OCH3 is 1. The normalized spacial score (nSPS) is 22.5. The highest BCUT2D eigenvalue weighted by atomic mass is 16.5. The van der Waals surface area contributed by atoms with Gasteiger partial charge in [0.1, 0.15) is 5.75 Å². The molecule has 0 unspecified atom stereocenters. The number of hydrogen-bond acceptors (Lipinski definition) is 4. The number of aliphatic hydroxyl groups is 1. The Morgan fingerprint density at radius 1 is 1.13 bits per heavy atom. The molecule has 0 radical (unpaired) electrons. The summed E-state index contributed by atoms with van der Waals surface area (Å²) in [5.41, 5.74) is 1.36. The minimum atomic E-state index is -0.705. The molecule has 3 rings (SSSR count). The molecule has 0 amide bonds. The van der Waals surface area contributed by atoms with E-state index < -0.39 is 5.60 Å². The maximum Gasteiger partial charge on any atom is 0.137 e. The highest BCUT2D eigenvalue weighted by Crippen LogP contribution is 2.32. The lowest BCUT2D eigenvalue weighted by atomic mass is 9.87. The molecule has 2 heterocycles. The topological polar surface area (TPSA) is 45.6 Å². The van der Waals surface area contributed by atoms with E-state index in [-0.39, 0.29) is 0 Å². The summed E-state index contributed by atoms with van der Waals surface area (Å²) in [4.78, 5) is 6.81. The van der Waals surface area contributed by atoms with Crippen LogP contribution < -0.4 is 4.74 Å². The molecule has 0 saturated carbocycles. The fourth-order valence-electron chi connectivity index (χ4n) is 3.22. The molecule has 0 aliphatic carbocycles. The summed E-state index contributed by atoms with van der Waals surface area (Å²) in [5.74, 6) is 0.781. The fraction of sp³-hybridized carbons (Fsp3) is 0.421. The zero-order chi connectivity index (χ0) is 16.1. The highest BCUT2D eigenvalue weighted by molar-refractivity contribution is 5.23. The Kier molecular flexibility index (Phi) is 4.94. The van der Waals surface area contributed by atoms with Crippen molar-refractivity contribution in [1.29, 1.82) is 0 Å². The molecule has 1 aromatic heterocycles. The van der Waals surface area contributed by atoms with E-state index in [0.29, 0.717) is 0 Å². The molecule has 4 nitrogen and oxygen atoms in total. The third-order valence-corrected chi connectivity index (χ3v) is 4.64. The second-order valence-corrected chi connectivity index (χ2v) is 6.22. The van der Waals surface area contributed by atoms with E-state index in [1.165, 1.54) is 0 Å². The van der Waals surface area contributed by atoms with Gasteiger partial charge in [0, 0.05) is 13.1 Å². The first-order chi connectivity index (χ1) is 11.2. The maximum atomic E-state index is 11.0. The van der Waals surface area contributed by atoms with E-state index in [0.717, 1.165) is 55.9 Å². The van der Waals surface area contributed by atoms with E-state index in [9.17, 15) is 5.11 Å². The van der Waals surface area contributed by atoms with Crippen LogP contribution in [0.2, 0.25) is 0 Å². The van der Waals surface area contributed by atoms with Gasteiger partial charge in [0.05, 0.1) is 24.6 Å². The van der Waals surface area contributed by atoms with Crippen LogP contribution in [-0.2, 0) is 12.1 Å².